The van der Waals surface area contributed by atoms with Crippen LogP contribution < -0.4 is 21.7 Å². The fourth-order valence-electron chi connectivity index (χ4n) is 4.68. The third kappa shape index (κ3) is 9.43. The molecule has 3 aromatic rings. The molecule has 0 bridgehead atoms. The Balaban J connectivity index is 1.82. The van der Waals surface area contributed by atoms with Crippen molar-refractivity contribution in [2.45, 2.75) is 65.9 Å². The molecule has 5 N–H and O–H groups in total. The van der Waals surface area contributed by atoms with Gasteiger partial charge in [0.15, 0.2) is 0 Å². The molecule has 0 spiro atoms. The highest BCUT2D eigenvalue weighted by atomic mass is 16.5. The van der Waals surface area contributed by atoms with E-state index in [9.17, 15) is 24.4 Å². The van der Waals surface area contributed by atoms with Crippen molar-refractivity contribution >= 4 is 28.6 Å². The maximum absolute atomic E-state index is 13.7. The second kappa shape index (κ2) is 15.4. The van der Waals surface area contributed by atoms with Gasteiger partial charge in [-0.15, -0.1) is 0 Å². The number of benzene rings is 2. The minimum absolute atomic E-state index is 0.145. The lowest BCUT2D eigenvalue weighted by Crippen LogP contribution is -2.56. The average Bonchev–Trinajstić information content (AvgIpc) is 2.98. The molecule has 0 saturated heterocycles. The summed E-state index contributed by atoms with van der Waals surface area (Å²) < 4.78 is 11.7. The monoisotopic (exact) mass is 595 g/mol. The smallest absolute Gasteiger partial charge is 0.273 e. The number of hydroxylamine groups is 1. The molecule has 0 unspecified atom stereocenters. The molecule has 0 saturated carbocycles. The van der Waals surface area contributed by atoms with Crippen molar-refractivity contribution in [2.24, 2.45) is 11.3 Å². The fraction of sp³-hybridized carbons (Fsp3) is 0.452. The maximum atomic E-state index is 13.7. The predicted molar refractivity (Wildman–Crippen MR) is 160 cm³/mol. The molecule has 0 aliphatic heterocycles. The van der Waals surface area contributed by atoms with E-state index in [1.54, 1.807) is 30.6 Å². The average molecular weight is 596 g/mol. The first kappa shape index (κ1) is 33.4. The zero-order valence-corrected chi connectivity index (χ0v) is 25.2. The van der Waals surface area contributed by atoms with Crippen molar-refractivity contribution in [3.05, 3.63) is 75.8 Å². The summed E-state index contributed by atoms with van der Waals surface area (Å²) >= 11 is 0. The lowest BCUT2D eigenvalue weighted by molar-refractivity contribution is -0.153. The highest BCUT2D eigenvalue weighted by molar-refractivity contribution is 5.92. The first-order valence-corrected chi connectivity index (χ1v) is 14.1. The first-order valence-electron chi connectivity index (χ1n) is 14.1. The van der Waals surface area contributed by atoms with E-state index in [-0.39, 0.29) is 24.5 Å². The SMILES string of the molecule is CNC(=O)[C@@H](NC(=O)[C@H](CCCOCc1ccccc1)[C@H](OCc1ccc2nc(C)[nH]c(=O)c2c1)C(=O)NO)C(C)(C)C. The largest absolute Gasteiger partial charge is 0.377 e. The summed E-state index contributed by atoms with van der Waals surface area (Å²) in [4.78, 5) is 58.6. The van der Waals surface area contributed by atoms with Crippen LogP contribution in [-0.2, 0) is 37.1 Å². The highest BCUT2D eigenvalue weighted by Crippen LogP contribution is 2.23. The number of amides is 3. The minimum Gasteiger partial charge on any atom is -0.377 e. The number of likely N-dealkylation sites (N-methyl/N-ethyl adjacent to an activating group) is 1. The number of carbonyl (C=O) groups is 3. The van der Waals surface area contributed by atoms with E-state index in [2.05, 4.69) is 20.6 Å². The second-order valence-electron chi connectivity index (χ2n) is 11.4. The van der Waals surface area contributed by atoms with Gasteiger partial charge in [-0.05, 0) is 48.4 Å². The van der Waals surface area contributed by atoms with E-state index in [4.69, 9.17) is 9.47 Å². The summed E-state index contributed by atoms with van der Waals surface area (Å²) in [5, 5.41) is 15.3. The number of ether oxygens (including phenoxy) is 2. The summed E-state index contributed by atoms with van der Waals surface area (Å²) in [6.07, 6.45) is -0.876. The number of carbonyl (C=O) groups excluding carboxylic acids is 3. The standard InChI is InChI=1S/C31H41N5O7/c1-19-33-24-14-13-21(16-23(24)28(38)34-19)18-43-25(29(39)36-41)22(12-9-15-42-17-20-10-7-6-8-11-20)27(37)35-26(30(40)32-5)31(2,3)4/h6-8,10-11,13-14,16,22,25-26,41H,9,12,15,17-18H2,1-5H3,(H,32,40)(H,35,37)(H,36,39)(H,33,34,38)/t22-,25+,26-/m1/s1. The van der Waals surface area contributed by atoms with Crippen LogP contribution in [0.1, 0.15) is 50.6 Å². The van der Waals surface area contributed by atoms with Gasteiger partial charge in [0.05, 0.1) is 30.0 Å². The number of aromatic nitrogens is 2. The van der Waals surface area contributed by atoms with Gasteiger partial charge >= 0.3 is 0 Å². The van der Waals surface area contributed by atoms with Gasteiger partial charge in [-0.2, -0.15) is 0 Å². The van der Waals surface area contributed by atoms with Crippen molar-refractivity contribution in [2.75, 3.05) is 13.7 Å². The Morgan fingerprint density at radius 1 is 1.00 bits per heavy atom. The molecule has 3 rings (SSSR count). The van der Waals surface area contributed by atoms with Crippen LogP contribution in [0.15, 0.2) is 53.3 Å². The number of fused-ring (bicyclic) bond motifs is 1. The van der Waals surface area contributed by atoms with Crippen LogP contribution in [-0.4, -0.2) is 58.7 Å². The Hall–Kier alpha value is -4.13. The third-order valence-electron chi connectivity index (χ3n) is 6.97. The normalized spacial score (nSPS) is 13.6. The number of aryl methyl sites for hydroxylation is 1. The van der Waals surface area contributed by atoms with Crippen LogP contribution in [0.5, 0.6) is 0 Å². The molecule has 43 heavy (non-hydrogen) atoms. The quantitative estimate of drug-likeness (QED) is 0.107. The van der Waals surface area contributed by atoms with E-state index in [0.717, 1.165) is 5.56 Å². The molecule has 1 aromatic heterocycles. The molecule has 0 aliphatic carbocycles. The van der Waals surface area contributed by atoms with Gasteiger partial charge in [0.1, 0.15) is 18.0 Å². The molecule has 3 atom stereocenters. The Labute approximate surface area is 250 Å². The van der Waals surface area contributed by atoms with Crippen LogP contribution in [0, 0.1) is 18.3 Å². The zero-order valence-electron chi connectivity index (χ0n) is 25.2. The second-order valence-corrected chi connectivity index (χ2v) is 11.4. The first-order chi connectivity index (χ1) is 20.4. The molecule has 1 heterocycles. The Morgan fingerprint density at radius 3 is 2.37 bits per heavy atom. The fourth-order valence-corrected chi connectivity index (χ4v) is 4.68. The number of hydrogen-bond acceptors (Lipinski definition) is 8. The highest BCUT2D eigenvalue weighted by Gasteiger charge is 2.39. The van der Waals surface area contributed by atoms with Gasteiger partial charge < -0.3 is 25.1 Å². The molecule has 2 aromatic carbocycles. The zero-order chi connectivity index (χ0) is 31.6. The summed E-state index contributed by atoms with van der Waals surface area (Å²) in [5.74, 6) is -2.51. The molecule has 232 valence electrons. The number of hydrogen-bond donors (Lipinski definition) is 5. The van der Waals surface area contributed by atoms with Crippen molar-refractivity contribution in [3.63, 3.8) is 0 Å². The van der Waals surface area contributed by atoms with Crippen molar-refractivity contribution in [3.8, 4) is 0 Å². The van der Waals surface area contributed by atoms with Gasteiger partial charge in [-0.3, -0.25) is 24.4 Å². The van der Waals surface area contributed by atoms with Gasteiger partial charge in [0, 0.05) is 13.7 Å². The topological polar surface area (TPSA) is 172 Å². The predicted octanol–water partition coefficient (Wildman–Crippen LogP) is 2.51. The number of aromatic amines is 1. The molecule has 0 aliphatic rings. The van der Waals surface area contributed by atoms with E-state index < -0.39 is 35.3 Å². The summed E-state index contributed by atoms with van der Waals surface area (Å²) in [5.41, 5.74) is 2.71. The lowest BCUT2D eigenvalue weighted by Gasteiger charge is -2.32. The maximum Gasteiger partial charge on any atom is 0.273 e. The molecule has 3 amide bonds. The molecule has 0 fully saturated rings. The third-order valence-corrected chi connectivity index (χ3v) is 6.97. The van der Waals surface area contributed by atoms with Gasteiger partial charge in [-0.1, -0.05) is 57.2 Å². The van der Waals surface area contributed by atoms with Gasteiger partial charge in [-0.25, -0.2) is 10.5 Å². The molecular formula is C31H41N5O7. The Morgan fingerprint density at radius 2 is 1.72 bits per heavy atom. The van der Waals surface area contributed by atoms with Gasteiger partial charge in [0.25, 0.3) is 11.5 Å². The number of rotatable bonds is 14. The Kier molecular flexibility index (Phi) is 11.9. The number of nitrogens with zero attached hydrogens (tertiary/aromatic N) is 1. The number of H-pyrrole nitrogens is 1. The van der Waals surface area contributed by atoms with Crippen molar-refractivity contribution in [1.29, 1.82) is 0 Å². The molecule has 12 nitrogen and oxygen atoms in total. The lowest BCUT2D eigenvalue weighted by atomic mass is 9.85. The van der Waals surface area contributed by atoms with Crippen LogP contribution in [0.3, 0.4) is 0 Å². The molecule has 12 heteroatoms. The van der Waals surface area contributed by atoms with E-state index in [1.165, 1.54) is 7.05 Å². The van der Waals surface area contributed by atoms with Crippen LogP contribution in [0.25, 0.3) is 10.9 Å². The van der Waals surface area contributed by atoms with E-state index in [1.807, 2.05) is 51.1 Å². The van der Waals surface area contributed by atoms with Crippen molar-refractivity contribution < 1.29 is 29.1 Å². The van der Waals surface area contributed by atoms with E-state index >= 15 is 0 Å². The number of nitrogens with one attached hydrogen (secondary N) is 4. The van der Waals surface area contributed by atoms with Gasteiger partial charge in [0.2, 0.25) is 11.8 Å². The summed E-state index contributed by atoms with van der Waals surface area (Å²) in [6.45, 7) is 7.65. The molecular weight excluding hydrogens is 554 g/mol. The Bertz CT molecular complexity index is 1450. The summed E-state index contributed by atoms with van der Waals surface area (Å²) in [6, 6.07) is 13.7. The van der Waals surface area contributed by atoms with E-state index in [0.29, 0.717) is 41.9 Å². The van der Waals surface area contributed by atoms with Crippen LogP contribution in [0.2, 0.25) is 0 Å². The van der Waals surface area contributed by atoms with Crippen molar-refractivity contribution in [1.82, 2.24) is 26.1 Å². The molecule has 0 radical (unpaired) electrons. The van der Waals surface area contributed by atoms with Crippen LogP contribution >= 0.6 is 0 Å². The summed E-state index contributed by atoms with van der Waals surface area (Å²) in [7, 11) is 1.48. The van der Waals surface area contributed by atoms with Crippen LogP contribution in [0.4, 0.5) is 0 Å². The minimum atomic E-state index is -1.42.